The van der Waals surface area contributed by atoms with E-state index in [4.69, 9.17) is 16.3 Å². The highest BCUT2D eigenvalue weighted by Crippen LogP contribution is 2.24. The number of halogens is 1. The number of rotatable bonds is 2. The standard InChI is InChI=1S/C15H11ClN2O2/c1-20-12-4-2-3-11-13(12)17-14(18-15(11)19)9-5-7-10(16)8-6-9/h2-8H,1H3,(H,17,18,19). The molecule has 2 aromatic carbocycles. The molecule has 0 saturated heterocycles. The Morgan fingerprint density at radius 3 is 2.60 bits per heavy atom. The van der Waals surface area contributed by atoms with Crippen LogP contribution in [0.5, 0.6) is 5.75 Å². The number of hydrogen-bond acceptors (Lipinski definition) is 3. The van der Waals surface area contributed by atoms with E-state index >= 15 is 0 Å². The minimum atomic E-state index is -0.196. The summed E-state index contributed by atoms with van der Waals surface area (Å²) in [7, 11) is 1.56. The predicted molar refractivity (Wildman–Crippen MR) is 79.4 cm³/mol. The molecule has 20 heavy (non-hydrogen) atoms. The van der Waals surface area contributed by atoms with Crippen molar-refractivity contribution in [3.8, 4) is 17.1 Å². The Bertz CT molecular complexity index is 825. The molecule has 0 atom stereocenters. The fraction of sp³-hybridized carbons (Fsp3) is 0.0667. The number of benzene rings is 2. The van der Waals surface area contributed by atoms with Gasteiger partial charge >= 0.3 is 0 Å². The molecule has 0 aliphatic heterocycles. The molecule has 0 saturated carbocycles. The van der Waals surface area contributed by atoms with Crippen molar-refractivity contribution in [1.29, 1.82) is 0 Å². The Labute approximate surface area is 120 Å². The molecule has 4 nitrogen and oxygen atoms in total. The number of ether oxygens (including phenoxy) is 1. The third-order valence-corrected chi connectivity index (χ3v) is 3.29. The van der Waals surface area contributed by atoms with Crippen molar-refractivity contribution in [2.75, 3.05) is 7.11 Å². The summed E-state index contributed by atoms with van der Waals surface area (Å²) in [4.78, 5) is 19.4. The molecule has 0 bridgehead atoms. The van der Waals surface area contributed by atoms with Crippen LogP contribution in [0.4, 0.5) is 0 Å². The summed E-state index contributed by atoms with van der Waals surface area (Å²) in [5, 5.41) is 1.14. The van der Waals surface area contributed by atoms with E-state index in [0.717, 1.165) is 5.56 Å². The number of nitrogens with zero attached hydrogens (tertiary/aromatic N) is 1. The molecular weight excluding hydrogens is 276 g/mol. The molecule has 0 fully saturated rings. The van der Waals surface area contributed by atoms with Gasteiger partial charge in [0.1, 0.15) is 17.1 Å². The fourth-order valence-corrected chi connectivity index (χ4v) is 2.17. The lowest BCUT2D eigenvalue weighted by Crippen LogP contribution is -2.10. The zero-order valence-corrected chi connectivity index (χ0v) is 11.4. The van der Waals surface area contributed by atoms with Crippen molar-refractivity contribution in [2.24, 2.45) is 0 Å². The molecule has 5 heteroatoms. The number of H-pyrrole nitrogens is 1. The molecule has 3 aromatic rings. The lowest BCUT2D eigenvalue weighted by molar-refractivity contribution is 0.419. The topological polar surface area (TPSA) is 55.0 Å². The average molecular weight is 287 g/mol. The van der Waals surface area contributed by atoms with Crippen LogP contribution in [0.15, 0.2) is 47.3 Å². The molecule has 1 heterocycles. The zero-order chi connectivity index (χ0) is 14.1. The van der Waals surface area contributed by atoms with Crippen LogP contribution in [-0.4, -0.2) is 17.1 Å². The quantitative estimate of drug-likeness (QED) is 0.787. The molecular formula is C15H11ClN2O2. The largest absolute Gasteiger partial charge is 0.494 e. The van der Waals surface area contributed by atoms with Crippen molar-refractivity contribution < 1.29 is 4.74 Å². The maximum atomic E-state index is 12.1. The van der Waals surface area contributed by atoms with Gasteiger partial charge in [-0.25, -0.2) is 4.98 Å². The number of hydrogen-bond donors (Lipinski definition) is 1. The van der Waals surface area contributed by atoms with Gasteiger partial charge in [-0.05, 0) is 36.4 Å². The number of methoxy groups -OCH3 is 1. The number of nitrogens with one attached hydrogen (secondary N) is 1. The number of aromatic nitrogens is 2. The van der Waals surface area contributed by atoms with E-state index in [1.54, 1.807) is 37.4 Å². The summed E-state index contributed by atoms with van der Waals surface area (Å²) in [6.07, 6.45) is 0. The third-order valence-electron chi connectivity index (χ3n) is 3.04. The molecule has 0 aliphatic carbocycles. The normalized spacial score (nSPS) is 10.7. The molecule has 3 rings (SSSR count). The molecule has 100 valence electrons. The molecule has 1 aromatic heterocycles. The summed E-state index contributed by atoms with van der Waals surface area (Å²) < 4.78 is 5.26. The molecule has 0 radical (unpaired) electrons. The van der Waals surface area contributed by atoms with Crippen LogP contribution in [0.25, 0.3) is 22.3 Å². The van der Waals surface area contributed by atoms with Crippen molar-refractivity contribution in [3.05, 3.63) is 57.8 Å². The molecule has 0 spiro atoms. The summed E-state index contributed by atoms with van der Waals surface area (Å²) in [5.74, 6) is 1.06. The lowest BCUT2D eigenvalue weighted by atomic mass is 10.2. The van der Waals surface area contributed by atoms with Crippen molar-refractivity contribution in [2.45, 2.75) is 0 Å². The zero-order valence-electron chi connectivity index (χ0n) is 10.7. The number of aromatic amines is 1. The summed E-state index contributed by atoms with van der Waals surface area (Å²) in [6.45, 7) is 0. The van der Waals surface area contributed by atoms with Crippen molar-refractivity contribution >= 4 is 22.5 Å². The summed E-state index contributed by atoms with van der Waals surface area (Å²) in [5.41, 5.74) is 1.14. The summed E-state index contributed by atoms with van der Waals surface area (Å²) >= 11 is 5.86. The van der Waals surface area contributed by atoms with Crippen LogP contribution in [0.1, 0.15) is 0 Å². The maximum absolute atomic E-state index is 12.1. The first kappa shape index (κ1) is 12.7. The highest BCUT2D eigenvalue weighted by atomic mass is 35.5. The maximum Gasteiger partial charge on any atom is 0.259 e. The Kier molecular flexibility index (Phi) is 3.16. The van der Waals surface area contributed by atoms with Crippen molar-refractivity contribution in [3.63, 3.8) is 0 Å². The van der Waals surface area contributed by atoms with E-state index in [1.807, 2.05) is 12.1 Å². The Morgan fingerprint density at radius 2 is 1.90 bits per heavy atom. The minimum absolute atomic E-state index is 0.196. The Balaban J connectivity index is 2.28. The first-order valence-corrected chi connectivity index (χ1v) is 6.40. The van der Waals surface area contributed by atoms with Crippen molar-refractivity contribution in [1.82, 2.24) is 9.97 Å². The highest BCUT2D eigenvalue weighted by molar-refractivity contribution is 6.30. The predicted octanol–water partition coefficient (Wildman–Crippen LogP) is 3.25. The van der Waals surface area contributed by atoms with Gasteiger partial charge in [-0.2, -0.15) is 0 Å². The van der Waals surface area contributed by atoms with Gasteiger partial charge in [-0.15, -0.1) is 0 Å². The molecule has 0 aliphatic rings. The van der Waals surface area contributed by atoms with Crippen LogP contribution in [0.3, 0.4) is 0 Å². The van der Waals surface area contributed by atoms with Gasteiger partial charge in [0.15, 0.2) is 0 Å². The van der Waals surface area contributed by atoms with Gasteiger partial charge in [0.2, 0.25) is 0 Å². The number of para-hydroxylation sites is 1. The second kappa shape index (κ2) is 4.98. The van der Waals surface area contributed by atoms with E-state index in [2.05, 4.69) is 9.97 Å². The van der Waals surface area contributed by atoms with E-state index in [0.29, 0.717) is 27.5 Å². The molecule has 0 amide bonds. The van der Waals surface area contributed by atoms with Crippen LogP contribution in [-0.2, 0) is 0 Å². The van der Waals surface area contributed by atoms with E-state index < -0.39 is 0 Å². The van der Waals surface area contributed by atoms with Crippen LogP contribution >= 0.6 is 11.6 Å². The van der Waals surface area contributed by atoms with Gasteiger partial charge in [0.25, 0.3) is 5.56 Å². The first-order chi connectivity index (χ1) is 9.69. The van der Waals surface area contributed by atoms with Gasteiger partial charge in [-0.1, -0.05) is 17.7 Å². The second-order valence-electron chi connectivity index (χ2n) is 4.28. The molecule has 0 unspecified atom stereocenters. The Hall–Kier alpha value is -2.33. The van der Waals surface area contributed by atoms with E-state index in [9.17, 15) is 4.79 Å². The minimum Gasteiger partial charge on any atom is -0.494 e. The van der Waals surface area contributed by atoms with Gasteiger partial charge < -0.3 is 9.72 Å². The monoisotopic (exact) mass is 286 g/mol. The lowest BCUT2D eigenvalue weighted by Gasteiger charge is -2.06. The third kappa shape index (κ3) is 2.14. The van der Waals surface area contributed by atoms with Gasteiger partial charge in [-0.3, -0.25) is 4.79 Å². The highest BCUT2D eigenvalue weighted by Gasteiger charge is 2.09. The van der Waals surface area contributed by atoms with Crippen LogP contribution in [0.2, 0.25) is 5.02 Å². The molecule has 1 N–H and O–H groups in total. The Morgan fingerprint density at radius 1 is 1.15 bits per heavy atom. The average Bonchev–Trinajstić information content (AvgIpc) is 2.47. The van der Waals surface area contributed by atoms with Crippen LogP contribution < -0.4 is 10.3 Å². The van der Waals surface area contributed by atoms with Gasteiger partial charge in [0.05, 0.1) is 12.5 Å². The van der Waals surface area contributed by atoms with E-state index in [-0.39, 0.29) is 5.56 Å². The smallest absolute Gasteiger partial charge is 0.259 e. The second-order valence-corrected chi connectivity index (χ2v) is 4.71. The fourth-order valence-electron chi connectivity index (χ4n) is 2.04. The first-order valence-electron chi connectivity index (χ1n) is 6.02. The number of fused-ring (bicyclic) bond motifs is 1. The SMILES string of the molecule is COc1cccc2c(=O)[nH]c(-c3ccc(Cl)cc3)nc12. The van der Waals surface area contributed by atoms with Gasteiger partial charge in [0, 0.05) is 10.6 Å². The van der Waals surface area contributed by atoms with Crippen LogP contribution in [0, 0.1) is 0 Å². The van der Waals surface area contributed by atoms with E-state index in [1.165, 1.54) is 0 Å². The summed E-state index contributed by atoms with van der Waals surface area (Å²) in [6, 6.07) is 12.4.